The molecule has 0 saturated carbocycles. The predicted molar refractivity (Wildman–Crippen MR) is 53.7 cm³/mol. The molecule has 5 nitrogen and oxygen atoms in total. The smallest absolute Gasteiger partial charge is 0.254 e. The molecule has 0 aliphatic carbocycles. The Hall–Kier alpha value is -1.65. The van der Waals surface area contributed by atoms with Crippen LogP contribution in [0, 0.1) is 0 Å². The van der Waals surface area contributed by atoms with Gasteiger partial charge in [0.2, 0.25) is 5.91 Å². The molecule has 1 aliphatic rings. The average molecular weight is 210 g/mol. The third-order valence-electron chi connectivity index (χ3n) is 2.04. The molecule has 0 saturated heterocycles. The van der Waals surface area contributed by atoms with Crippen LogP contribution in [0.4, 0.5) is 0 Å². The molecule has 0 spiro atoms. The molecule has 0 aromatic heterocycles. The minimum Gasteiger partial charge on any atom is -0.352 e. The second-order valence-electron chi connectivity index (χ2n) is 3.72. The Bertz CT molecular complexity index is 316. The standard InChI is InChI=1S/C10H14N2O3/c1-6(2)11-10(15)7(3)12-8(13)4-5-9(12)14/h4-7H,1-3H3,(H,11,15). The fourth-order valence-electron chi connectivity index (χ4n) is 1.32. The van der Waals surface area contributed by atoms with Crippen molar-refractivity contribution in [3.05, 3.63) is 12.2 Å². The van der Waals surface area contributed by atoms with Crippen LogP contribution in [0.3, 0.4) is 0 Å². The highest BCUT2D eigenvalue weighted by atomic mass is 16.2. The number of carbonyl (C=O) groups excluding carboxylic acids is 3. The maximum absolute atomic E-state index is 11.5. The van der Waals surface area contributed by atoms with E-state index < -0.39 is 17.9 Å². The largest absolute Gasteiger partial charge is 0.352 e. The van der Waals surface area contributed by atoms with E-state index in [2.05, 4.69) is 5.32 Å². The number of amides is 3. The van der Waals surface area contributed by atoms with Crippen LogP contribution in [0.25, 0.3) is 0 Å². The highest BCUT2D eigenvalue weighted by molar-refractivity contribution is 6.15. The van der Waals surface area contributed by atoms with E-state index in [1.54, 1.807) is 0 Å². The zero-order valence-electron chi connectivity index (χ0n) is 8.98. The normalized spacial score (nSPS) is 17.5. The molecular weight excluding hydrogens is 196 g/mol. The number of rotatable bonds is 3. The van der Waals surface area contributed by atoms with Crippen LogP contribution in [0.5, 0.6) is 0 Å². The molecule has 15 heavy (non-hydrogen) atoms. The maximum Gasteiger partial charge on any atom is 0.254 e. The van der Waals surface area contributed by atoms with Gasteiger partial charge >= 0.3 is 0 Å². The second-order valence-corrected chi connectivity index (χ2v) is 3.72. The van der Waals surface area contributed by atoms with Crippen LogP contribution in [0.2, 0.25) is 0 Å². The third-order valence-corrected chi connectivity index (χ3v) is 2.04. The quantitative estimate of drug-likeness (QED) is 0.657. The molecular formula is C10H14N2O3. The van der Waals surface area contributed by atoms with Crippen molar-refractivity contribution in [2.75, 3.05) is 0 Å². The molecule has 1 heterocycles. The summed E-state index contributed by atoms with van der Waals surface area (Å²) >= 11 is 0. The lowest BCUT2D eigenvalue weighted by Gasteiger charge is -2.22. The molecule has 0 bridgehead atoms. The molecule has 0 aromatic carbocycles. The first-order valence-corrected chi connectivity index (χ1v) is 4.79. The van der Waals surface area contributed by atoms with Crippen LogP contribution >= 0.6 is 0 Å². The predicted octanol–water partition coefficient (Wildman–Crippen LogP) is -0.176. The Balaban J connectivity index is 2.68. The summed E-state index contributed by atoms with van der Waals surface area (Å²) < 4.78 is 0. The van der Waals surface area contributed by atoms with Crippen molar-refractivity contribution >= 4 is 17.7 Å². The van der Waals surface area contributed by atoms with Gasteiger partial charge in [-0.1, -0.05) is 0 Å². The Morgan fingerprint density at radius 3 is 2.07 bits per heavy atom. The second kappa shape index (κ2) is 4.25. The summed E-state index contributed by atoms with van der Waals surface area (Å²) in [6, 6.07) is -0.775. The molecule has 0 fully saturated rings. The van der Waals surface area contributed by atoms with Gasteiger partial charge in [-0.25, -0.2) is 0 Å². The topological polar surface area (TPSA) is 66.5 Å². The first-order chi connectivity index (χ1) is 6.93. The van der Waals surface area contributed by atoms with Gasteiger partial charge in [-0.15, -0.1) is 0 Å². The molecule has 1 rings (SSSR count). The van der Waals surface area contributed by atoms with Crippen molar-refractivity contribution in [3.8, 4) is 0 Å². The van der Waals surface area contributed by atoms with Crippen molar-refractivity contribution in [1.29, 1.82) is 0 Å². The van der Waals surface area contributed by atoms with E-state index in [9.17, 15) is 14.4 Å². The van der Waals surface area contributed by atoms with E-state index >= 15 is 0 Å². The number of hydrogen-bond acceptors (Lipinski definition) is 3. The summed E-state index contributed by atoms with van der Waals surface area (Å²) in [6.07, 6.45) is 2.34. The monoisotopic (exact) mass is 210 g/mol. The zero-order valence-corrected chi connectivity index (χ0v) is 8.98. The van der Waals surface area contributed by atoms with E-state index in [0.29, 0.717) is 0 Å². The van der Waals surface area contributed by atoms with Gasteiger partial charge in [-0.05, 0) is 20.8 Å². The third kappa shape index (κ3) is 2.43. The van der Waals surface area contributed by atoms with Crippen molar-refractivity contribution in [1.82, 2.24) is 10.2 Å². The molecule has 0 aromatic rings. The van der Waals surface area contributed by atoms with E-state index in [4.69, 9.17) is 0 Å². The number of imide groups is 1. The lowest BCUT2D eigenvalue weighted by atomic mass is 10.2. The van der Waals surface area contributed by atoms with Crippen LogP contribution < -0.4 is 5.32 Å². The number of hydrogen-bond donors (Lipinski definition) is 1. The summed E-state index contributed by atoms with van der Waals surface area (Å²) in [5, 5.41) is 2.65. The molecule has 1 atom stereocenters. The fourth-order valence-corrected chi connectivity index (χ4v) is 1.32. The van der Waals surface area contributed by atoms with Gasteiger partial charge < -0.3 is 5.32 Å². The van der Waals surface area contributed by atoms with Crippen LogP contribution in [-0.4, -0.2) is 34.7 Å². The van der Waals surface area contributed by atoms with E-state index in [1.165, 1.54) is 19.1 Å². The van der Waals surface area contributed by atoms with Gasteiger partial charge in [0.25, 0.3) is 11.8 Å². The van der Waals surface area contributed by atoms with Crippen LogP contribution in [0.1, 0.15) is 20.8 Å². The van der Waals surface area contributed by atoms with Crippen molar-refractivity contribution in [2.45, 2.75) is 32.9 Å². The lowest BCUT2D eigenvalue weighted by molar-refractivity contribution is -0.144. The molecule has 1 aliphatic heterocycles. The van der Waals surface area contributed by atoms with Gasteiger partial charge in [-0.3, -0.25) is 19.3 Å². The minimum absolute atomic E-state index is 0.0132. The van der Waals surface area contributed by atoms with E-state index in [-0.39, 0.29) is 11.9 Å². The highest BCUT2D eigenvalue weighted by Crippen LogP contribution is 2.09. The highest BCUT2D eigenvalue weighted by Gasteiger charge is 2.32. The first kappa shape index (κ1) is 11.4. The Morgan fingerprint density at radius 1 is 1.20 bits per heavy atom. The molecule has 82 valence electrons. The van der Waals surface area contributed by atoms with E-state index in [0.717, 1.165) is 4.90 Å². The summed E-state index contributed by atoms with van der Waals surface area (Å²) in [4.78, 5) is 35.0. The van der Waals surface area contributed by atoms with Gasteiger partial charge in [0.15, 0.2) is 0 Å². The average Bonchev–Trinajstić information content (AvgIpc) is 2.44. The molecule has 1 N–H and O–H groups in total. The van der Waals surface area contributed by atoms with Crippen molar-refractivity contribution in [2.24, 2.45) is 0 Å². The van der Waals surface area contributed by atoms with Gasteiger partial charge in [-0.2, -0.15) is 0 Å². The number of nitrogens with zero attached hydrogens (tertiary/aromatic N) is 1. The Labute approximate surface area is 88.1 Å². The van der Waals surface area contributed by atoms with Crippen molar-refractivity contribution < 1.29 is 14.4 Å². The van der Waals surface area contributed by atoms with E-state index in [1.807, 2.05) is 13.8 Å². The van der Waals surface area contributed by atoms with Gasteiger partial charge in [0.1, 0.15) is 6.04 Å². The van der Waals surface area contributed by atoms with Crippen LogP contribution in [-0.2, 0) is 14.4 Å². The summed E-state index contributed by atoms with van der Waals surface area (Å²) in [7, 11) is 0. The van der Waals surface area contributed by atoms with Crippen molar-refractivity contribution in [3.63, 3.8) is 0 Å². The van der Waals surface area contributed by atoms with Crippen LogP contribution in [0.15, 0.2) is 12.2 Å². The number of carbonyl (C=O) groups is 3. The minimum atomic E-state index is -0.762. The SMILES string of the molecule is CC(C)NC(=O)C(C)N1C(=O)C=CC1=O. The Morgan fingerprint density at radius 2 is 1.67 bits per heavy atom. The van der Waals surface area contributed by atoms with Gasteiger partial charge in [0.05, 0.1) is 0 Å². The zero-order chi connectivity index (χ0) is 11.6. The molecule has 5 heteroatoms. The summed E-state index contributed by atoms with van der Waals surface area (Å²) in [6.45, 7) is 5.16. The van der Waals surface area contributed by atoms with Gasteiger partial charge in [0, 0.05) is 18.2 Å². The first-order valence-electron chi connectivity index (χ1n) is 4.79. The Kier molecular flexibility index (Phi) is 3.24. The fraction of sp³-hybridized carbons (Fsp3) is 0.500. The lowest BCUT2D eigenvalue weighted by Crippen LogP contribution is -2.49. The molecule has 1 unspecified atom stereocenters. The summed E-state index contributed by atoms with van der Waals surface area (Å²) in [5.74, 6) is -1.20. The summed E-state index contributed by atoms with van der Waals surface area (Å²) in [5.41, 5.74) is 0. The molecule has 0 radical (unpaired) electrons. The number of nitrogens with one attached hydrogen (secondary N) is 1. The molecule has 3 amide bonds. The maximum atomic E-state index is 11.5.